The zero-order valence-electron chi connectivity index (χ0n) is 8.34. The van der Waals surface area contributed by atoms with Crippen LogP contribution in [0, 0.1) is 0 Å². The van der Waals surface area contributed by atoms with E-state index in [2.05, 4.69) is 6.58 Å². The van der Waals surface area contributed by atoms with Gasteiger partial charge in [0.15, 0.2) is 21.6 Å². The molecule has 2 unspecified atom stereocenters. The second-order valence-corrected chi connectivity index (χ2v) is 4.25. The van der Waals surface area contributed by atoms with Gasteiger partial charge in [0.05, 0.1) is 0 Å². The predicted octanol–water partition coefficient (Wildman–Crippen LogP) is 1.88. The maximum absolute atomic E-state index is 11.5. The van der Waals surface area contributed by atoms with Crippen molar-refractivity contribution in [3.8, 4) is 0 Å². The Balaban J connectivity index is 3.42. The highest BCUT2D eigenvalue weighted by Gasteiger charge is 2.40. The summed E-state index contributed by atoms with van der Waals surface area (Å²) in [5, 5.41) is 0. The number of hydrogen-bond donors (Lipinski definition) is 1. The van der Waals surface area contributed by atoms with Gasteiger partial charge < -0.3 is 4.55 Å². The average molecular weight is 224 g/mol. The zero-order chi connectivity index (χ0) is 11.5. The van der Waals surface area contributed by atoms with Crippen LogP contribution < -0.4 is 0 Å². The van der Waals surface area contributed by atoms with Gasteiger partial charge in [-0.1, -0.05) is 36.4 Å². The van der Waals surface area contributed by atoms with Crippen LogP contribution in [0.25, 0.3) is 0 Å². The highest BCUT2D eigenvalue weighted by Crippen LogP contribution is 2.29. The van der Waals surface area contributed by atoms with Crippen molar-refractivity contribution in [2.24, 2.45) is 0 Å². The third kappa shape index (κ3) is 1.91. The van der Waals surface area contributed by atoms with Crippen molar-refractivity contribution in [2.45, 2.75) is 11.7 Å². The third-order valence-corrected chi connectivity index (χ3v) is 3.53. The van der Waals surface area contributed by atoms with E-state index in [1.165, 1.54) is 13.0 Å². The van der Waals surface area contributed by atoms with Crippen molar-refractivity contribution >= 4 is 16.9 Å². The lowest BCUT2D eigenvalue weighted by molar-refractivity contribution is -0.118. The maximum Gasteiger partial charge on any atom is 0.175 e. The Hall–Kier alpha value is -1.26. The van der Waals surface area contributed by atoms with Crippen molar-refractivity contribution in [3.05, 3.63) is 48.6 Å². The maximum atomic E-state index is 11.5. The van der Waals surface area contributed by atoms with E-state index in [4.69, 9.17) is 0 Å². The quantitative estimate of drug-likeness (QED) is 0.627. The number of rotatable bonds is 4. The van der Waals surface area contributed by atoms with E-state index in [-0.39, 0.29) is 0 Å². The van der Waals surface area contributed by atoms with Crippen molar-refractivity contribution in [2.75, 3.05) is 0 Å². The summed E-state index contributed by atoms with van der Waals surface area (Å²) >= 11 is -2.31. The van der Waals surface area contributed by atoms with Crippen LogP contribution in [0.3, 0.4) is 0 Å². The molecule has 80 valence electrons. The molecule has 0 aromatic heterocycles. The van der Waals surface area contributed by atoms with Gasteiger partial charge in [0, 0.05) is 0 Å². The Morgan fingerprint density at radius 1 is 1.47 bits per heavy atom. The Morgan fingerprint density at radius 2 is 2.00 bits per heavy atom. The fourth-order valence-electron chi connectivity index (χ4n) is 1.45. The molecule has 0 bridgehead atoms. The first-order chi connectivity index (χ1) is 7.05. The molecule has 0 aliphatic carbocycles. The van der Waals surface area contributed by atoms with Gasteiger partial charge >= 0.3 is 0 Å². The third-order valence-electron chi connectivity index (χ3n) is 2.29. The van der Waals surface area contributed by atoms with E-state index in [9.17, 15) is 13.6 Å². The Bertz CT molecular complexity index is 384. The molecule has 2 atom stereocenters. The summed E-state index contributed by atoms with van der Waals surface area (Å²) in [6.45, 7) is 4.76. The van der Waals surface area contributed by atoms with Crippen molar-refractivity contribution < 1.29 is 13.6 Å². The molecule has 0 saturated heterocycles. The second-order valence-electron chi connectivity index (χ2n) is 3.11. The first-order valence-corrected chi connectivity index (χ1v) is 5.47. The van der Waals surface area contributed by atoms with Gasteiger partial charge in [0.25, 0.3) is 0 Å². The summed E-state index contributed by atoms with van der Waals surface area (Å²) in [5.74, 6) is -0.399. The Labute approximate surface area is 91.1 Å². The van der Waals surface area contributed by atoms with Crippen LogP contribution in [0.4, 0.5) is 0 Å². The monoisotopic (exact) mass is 224 g/mol. The predicted molar refractivity (Wildman–Crippen MR) is 59.8 cm³/mol. The van der Waals surface area contributed by atoms with Gasteiger partial charge in [0.2, 0.25) is 0 Å². The van der Waals surface area contributed by atoms with Crippen LogP contribution in [0.2, 0.25) is 0 Å². The number of hydrogen-bond acceptors (Lipinski definition) is 2. The van der Waals surface area contributed by atoms with Crippen LogP contribution in [-0.2, 0) is 20.6 Å². The molecule has 1 aromatic rings. The average Bonchev–Trinajstić information content (AvgIpc) is 2.20. The molecule has 0 radical (unpaired) electrons. The molecule has 0 heterocycles. The Kier molecular flexibility index (Phi) is 3.55. The van der Waals surface area contributed by atoms with Crippen molar-refractivity contribution in [1.29, 1.82) is 0 Å². The molecule has 0 spiro atoms. The number of carbonyl (C=O) groups excluding carboxylic acids is 1. The molecule has 0 amide bonds. The van der Waals surface area contributed by atoms with E-state index in [0.717, 1.165) is 0 Å². The molecule has 0 aliphatic rings. The van der Waals surface area contributed by atoms with Crippen LogP contribution >= 0.6 is 0 Å². The molecule has 3 nitrogen and oxygen atoms in total. The Morgan fingerprint density at radius 3 is 2.33 bits per heavy atom. The molecule has 4 heteroatoms. The highest BCUT2D eigenvalue weighted by molar-refractivity contribution is 7.81. The number of benzene rings is 1. The first-order valence-electron chi connectivity index (χ1n) is 4.37. The fourth-order valence-corrected chi connectivity index (χ4v) is 2.17. The molecule has 15 heavy (non-hydrogen) atoms. The van der Waals surface area contributed by atoms with Gasteiger partial charge in [-0.2, -0.15) is 0 Å². The minimum absolute atomic E-state index is 0.399. The second kappa shape index (κ2) is 4.51. The van der Waals surface area contributed by atoms with Crippen LogP contribution in [0.5, 0.6) is 0 Å². The fraction of sp³-hybridized carbons (Fsp3) is 0.182. The zero-order valence-corrected chi connectivity index (χ0v) is 9.16. The van der Waals surface area contributed by atoms with E-state index in [0.29, 0.717) is 5.56 Å². The summed E-state index contributed by atoms with van der Waals surface area (Å²) in [7, 11) is 0. The van der Waals surface area contributed by atoms with Gasteiger partial charge in [-0.15, -0.1) is 6.58 Å². The van der Waals surface area contributed by atoms with E-state index in [1.54, 1.807) is 30.3 Å². The topological polar surface area (TPSA) is 54.4 Å². The van der Waals surface area contributed by atoms with Crippen LogP contribution in [-0.4, -0.2) is 14.5 Å². The molecule has 0 aliphatic heterocycles. The SMILES string of the molecule is C=CC(C(C)=O)(c1ccccc1)S(=O)O. The summed E-state index contributed by atoms with van der Waals surface area (Å²) in [6.07, 6.45) is 1.22. The summed E-state index contributed by atoms with van der Waals surface area (Å²) in [6, 6.07) is 8.47. The molecule has 0 saturated carbocycles. The molecular weight excluding hydrogens is 212 g/mol. The molecule has 1 rings (SSSR count). The van der Waals surface area contributed by atoms with Crippen LogP contribution in [0.15, 0.2) is 43.0 Å². The van der Waals surface area contributed by atoms with Gasteiger partial charge in [0.1, 0.15) is 0 Å². The van der Waals surface area contributed by atoms with E-state index in [1.807, 2.05) is 0 Å². The molecule has 0 fully saturated rings. The summed E-state index contributed by atoms with van der Waals surface area (Å²) in [4.78, 5) is 11.5. The minimum atomic E-state index is -2.31. The number of carbonyl (C=O) groups is 1. The van der Waals surface area contributed by atoms with Crippen molar-refractivity contribution in [3.63, 3.8) is 0 Å². The summed E-state index contributed by atoms with van der Waals surface area (Å²) in [5.41, 5.74) is 0.480. The molecule has 1 N–H and O–H groups in total. The lowest BCUT2D eigenvalue weighted by Gasteiger charge is -2.23. The van der Waals surface area contributed by atoms with E-state index >= 15 is 0 Å². The standard InChI is InChI=1S/C11H12O3S/c1-3-11(9(2)12,15(13)14)10-7-5-4-6-8-10/h3-8H,1H2,2H3,(H,13,14). The normalized spacial score (nSPS) is 16.4. The lowest BCUT2D eigenvalue weighted by atomic mass is 9.94. The smallest absolute Gasteiger partial charge is 0.175 e. The van der Waals surface area contributed by atoms with E-state index < -0.39 is 21.6 Å². The first kappa shape index (κ1) is 11.8. The minimum Gasteiger partial charge on any atom is -0.305 e. The molecular formula is C11H12O3S. The van der Waals surface area contributed by atoms with Gasteiger partial charge in [-0.05, 0) is 12.5 Å². The highest BCUT2D eigenvalue weighted by atomic mass is 32.2. The molecule has 1 aromatic carbocycles. The lowest BCUT2D eigenvalue weighted by Crippen LogP contribution is -2.36. The van der Waals surface area contributed by atoms with Crippen LogP contribution in [0.1, 0.15) is 12.5 Å². The van der Waals surface area contributed by atoms with Gasteiger partial charge in [-0.3, -0.25) is 4.79 Å². The largest absolute Gasteiger partial charge is 0.305 e. The summed E-state index contributed by atoms with van der Waals surface area (Å²) < 4.78 is 19.1. The number of ketones is 1. The van der Waals surface area contributed by atoms with Gasteiger partial charge in [-0.25, -0.2) is 4.21 Å². The van der Waals surface area contributed by atoms with Crippen molar-refractivity contribution in [1.82, 2.24) is 0 Å². The number of Topliss-reactive ketones (excluding diaryl/α,β-unsaturated/α-hetero) is 1.